The first-order valence-corrected chi connectivity index (χ1v) is 6.53. The van der Waals surface area contributed by atoms with Gasteiger partial charge in [0.15, 0.2) is 11.6 Å². The molecule has 0 spiro atoms. The molecule has 0 saturated carbocycles. The maximum Gasteiger partial charge on any atom is 0.200 e. The van der Waals surface area contributed by atoms with Crippen LogP contribution in [0.3, 0.4) is 0 Å². The summed E-state index contributed by atoms with van der Waals surface area (Å²) >= 11 is 0. The third-order valence-electron chi connectivity index (χ3n) is 3.24. The van der Waals surface area contributed by atoms with E-state index >= 15 is 0 Å². The van der Waals surface area contributed by atoms with Crippen LogP contribution < -0.4 is 15.2 Å². The fourth-order valence-electron chi connectivity index (χ4n) is 1.95. The molecule has 0 bridgehead atoms. The number of methoxy groups -OCH3 is 1. The first-order valence-electron chi connectivity index (χ1n) is 6.53. The fourth-order valence-corrected chi connectivity index (χ4v) is 1.95. The van der Waals surface area contributed by atoms with Crippen molar-refractivity contribution < 1.29 is 18.3 Å². The van der Waals surface area contributed by atoms with E-state index in [1.165, 1.54) is 12.1 Å². The number of hydrogen-bond donors (Lipinski definition) is 1. The van der Waals surface area contributed by atoms with Gasteiger partial charge in [0.05, 0.1) is 13.2 Å². The van der Waals surface area contributed by atoms with Crippen LogP contribution in [0.2, 0.25) is 0 Å². The highest BCUT2D eigenvalue weighted by molar-refractivity contribution is 5.30. The lowest BCUT2D eigenvalue weighted by molar-refractivity contribution is 0.180. The van der Waals surface area contributed by atoms with Crippen molar-refractivity contribution >= 4 is 0 Å². The van der Waals surface area contributed by atoms with Crippen LogP contribution in [0.4, 0.5) is 8.78 Å². The van der Waals surface area contributed by atoms with Gasteiger partial charge in [0.2, 0.25) is 5.82 Å². The summed E-state index contributed by atoms with van der Waals surface area (Å²) in [6, 6.07) is 10.5. The van der Waals surface area contributed by atoms with Gasteiger partial charge in [-0.15, -0.1) is 0 Å². The number of hydrogen-bond acceptors (Lipinski definition) is 3. The monoisotopic (exact) mass is 293 g/mol. The Kier molecular flexibility index (Phi) is 4.75. The quantitative estimate of drug-likeness (QED) is 0.918. The van der Waals surface area contributed by atoms with Gasteiger partial charge in [-0.1, -0.05) is 18.2 Å². The van der Waals surface area contributed by atoms with Crippen LogP contribution in [0.15, 0.2) is 42.5 Å². The molecule has 2 N–H and O–H groups in total. The Hall–Kier alpha value is -2.14. The Bertz CT molecular complexity index is 602. The van der Waals surface area contributed by atoms with Crippen molar-refractivity contribution in [2.24, 2.45) is 5.73 Å². The Morgan fingerprint density at radius 2 is 1.71 bits per heavy atom. The zero-order chi connectivity index (χ0) is 15.4. The molecule has 0 amide bonds. The Morgan fingerprint density at radius 3 is 2.33 bits per heavy atom. The molecule has 2 rings (SSSR count). The van der Waals surface area contributed by atoms with E-state index in [0.717, 1.165) is 17.4 Å². The molecule has 0 fully saturated rings. The molecule has 2 aromatic carbocycles. The molecule has 0 aliphatic heterocycles. The number of ether oxygens (including phenoxy) is 2. The summed E-state index contributed by atoms with van der Waals surface area (Å²) < 4.78 is 37.2. The average Bonchev–Trinajstić information content (AvgIpc) is 2.51. The summed E-state index contributed by atoms with van der Waals surface area (Å²) in [7, 11) is 1.58. The van der Waals surface area contributed by atoms with Crippen molar-refractivity contribution in [3.63, 3.8) is 0 Å². The van der Waals surface area contributed by atoms with Crippen LogP contribution in [-0.4, -0.2) is 13.2 Å². The van der Waals surface area contributed by atoms with Gasteiger partial charge in [-0.2, -0.15) is 4.39 Å². The third kappa shape index (κ3) is 3.49. The maximum atomic E-state index is 13.6. The molecule has 0 aliphatic carbocycles. The van der Waals surface area contributed by atoms with Crippen LogP contribution in [0.5, 0.6) is 11.5 Å². The van der Waals surface area contributed by atoms with Crippen molar-refractivity contribution in [1.82, 2.24) is 0 Å². The highest BCUT2D eigenvalue weighted by Crippen LogP contribution is 2.25. The molecular formula is C16H17F2NO2. The molecule has 0 saturated heterocycles. The van der Waals surface area contributed by atoms with Crippen LogP contribution >= 0.6 is 0 Å². The van der Waals surface area contributed by atoms with E-state index in [1.54, 1.807) is 26.2 Å². The smallest absolute Gasteiger partial charge is 0.200 e. The van der Waals surface area contributed by atoms with Crippen molar-refractivity contribution in [2.45, 2.75) is 19.1 Å². The van der Waals surface area contributed by atoms with Gasteiger partial charge in [-0.05, 0) is 36.8 Å². The van der Waals surface area contributed by atoms with Gasteiger partial charge in [-0.3, -0.25) is 0 Å². The number of benzene rings is 2. The van der Waals surface area contributed by atoms with Gasteiger partial charge in [0, 0.05) is 0 Å². The summed E-state index contributed by atoms with van der Waals surface area (Å²) in [6.07, 6.45) is -0.519. The van der Waals surface area contributed by atoms with Gasteiger partial charge in [-0.25, -0.2) is 4.39 Å². The summed E-state index contributed by atoms with van der Waals surface area (Å²) in [5.41, 5.74) is 6.90. The second-order valence-electron chi connectivity index (χ2n) is 4.67. The molecule has 2 unspecified atom stereocenters. The van der Waals surface area contributed by atoms with E-state index in [1.807, 2.05) is 12.1 Å². The number of nitrogens with two attached hydrogens (primary N) is 1. The highest BCUT2D eigenvalue weighted by atomic mass is 19.2. The molecule has 21 heavy (non-hydrogen) atoms. The lowest BCUT2D eigenvalue weighted by Crippen LogP contribution is -2.29. The van der Waals surface area contributed by atoms with Crippen molar-refractivity contribution in [1.29, 1.82) is 0 Å². The first-order chi connectivity index (χ1) is 10.0. The van der Waals surface area contributed by atoms with E-state index in [-0.39, 0.29) is 5.75 Å². The minimum atomic E-state index is -1.01. The Morgan fingerprint density at radius 1 is 1.05 bits per heavy atom. The standard InChI is InChI=1S/C16H17F2NO2/c1-10(21-14-5-3-4-13(17)15(14)18)16(19)11-6-8-12(20-2)9-7-11/h3-10,16H,19H2,1-2H3. The molecule has 3 nitrogen and oxygen atoms in total. The normalized spacial score (nSPS) is 13.6. The lowest BCUT2D eigenvalue weighted by Gasteiger charge is -2.22. The average molecular weight is 293 g/mol. The van der Waals surface area contributed by atoms with E-state index < -0.39 is 23.8 Å². The van der Waals surface area contributed by atoms with E-state index in [4.69, 9.17) is 15.2 Å². The fraction of sp³-hybridized carbons (Fsp3) is 0.250. The second-order valence-corrected chi connectivity index (χ2v) is 4.67. The number of rotatable bonds is 5. The van der Waals surface area contributed by atoms with Crippen LogP contribution in [0.25, 0.3) is 0 Å². The molecule has 2 atom stereocenters. The molecule has 0 radical (unpaired) electrons. The van der Waals surface area contributed by atoms with Gasteiger partial charge >= 0.3 is 0 Å². The SMILES string of the molecule is COc1ccc(C(N)C(C)Oc2cccc(F)c2F)cc1. The van der Waals surface area contributed by atoms with Crippen LogP contribution in [0, 0.1) is 11.6 Å². The van der Waals surface area contributed by atoms with E-state index in [0.29, 0.717) is 0 Å². The number of halogens is 2. The lowest BCUT2D eigenvalue weighted by atomic mass is 10.0. The predicted octanol–water partition coefficient (Wildman–Crippen LogP) is 3.44. The first kappa shape index (κ1) is 15.3. The molecule has 112 valence electrons. The molecule has 0 aliphatic rings. The highest BCUT2D eigenvalue weighted by Gasteiger charge is 2.19. The largest absolute Gasteiger partial charge is 0.497 e. The summed E-state index contributed by atoms with van der Waals surface area (Å²) in [5, 5.41) is 0. The van der Waals surface area contributed by atoms with Gasteiger partial charge < -0.3 is 15.2 Å². The summed E-state index contributed by atoms with van der Waals surface area (Å²) in [4.78, 5) is 0. The predicted molar refractivity (Wildman–Crippen MR) is 76.4 cm³/mol. The summed E-state index contributed by atoms with van der Waals surface area (Å²) in [5.74, 6) is -1.38. The van der Waals surface area contributed by atoms with Crippen molar-refractivity contribution in [3.8, 4) is 11.5 Å². The maximum absolute atomic E-state index is 13.6. The minimum absolute atomic E-state index is 0.147. The van der Waals surface area contributed by atoms with E-state index in [2.05, 4.69) is 0 Å². The van der Waals surface area contributed by atoms with Crippen molar-refractivity contribution in [2.75, 3.05) is 7.11 Å². The molecular weight excluding hydrogens is 276 g/mol. The third-order valence-corrected chi connectivity index (χ3v) is 3.24. The Labute approximate surface area is 122 Å². The van der Waals surface area contributed by atoms with E-state index in [9.17, 15) is 8.78 Å². The molecule has 0 aromatic heterocycles. The zero-order valence-electron chi connectivity index (χ0n) is 11.8. The van der Waals surface area contributed by atoms with Gasteiger partial charge in [0.1, 0.15) is 11.9 Å². The van der Waals surface area contributed by atoms with Crippen LogP contribution in [0.1, 0.15) is 18.5 Å². The zero-order valence-corrected chi connectivity index (χ0v) is 11.8. The van der Waals surface area contributed by atoms with Gasteiger partial charge in [0.25, 0.3) is 0 Å². The topological polar surface area (TPSA) is 44.5 Å². The molecule has 0 heterocycles. The summed E-state index contributed by atoms with van der Waals surface area (Å²) in [6.45, 7) is 1.71. The Balaban J connectivity index is 2.11. The van der Waals surface area contributed by atoms with Crippen molar-refractivity contribution in [3.05, 3.63) is 59.7 Å². The molecule has 5 heteroatoms. The second kappa shape index (κ2) is 6.54. The minimum Gasteiger partial charge on any atom is -0.497 e. The van der Waals surface area contributed by atoms with Crippen LogP contribution in [-0.2, 0) is 0 Å². The molecule has 2 aromatic rings.